The number of hydrogen-bond acceptors (Lipinski definition) is 3. The number of imidazole rings is 1. The first-order valence-corrected chi connectivity index (χ1v) is 6.56. The molecule has 0 amide bonds. The minimum Gasteiger partial charge on any atom is -0.389 e. The number of thiocarbonyl (C=S) groups is 1. The lowest BCUT2D eigenvalue weighted by atomic mass is 10.2. The maximum atomic E-state index is 5.65. The summed E-state index contributed by atoms with van der Waals surface area (Å²) in [5.41, 5.74) is 7.66. The molecule has 0 fully saturated rings. The SMILES string of the molecule is CN(CCc1nccn1C)c1cccc(C(N)=S)c1. The molecule has 1 aromatic heterocycles. The summed E-state index contributed by atoms with van der Waals surface area (Å²) >= 11 is 5.00. The lowest BCUT2D eigenvalue weighted by Crippen LogP contribution is -2.22. The summed E-state index contributed by atoms with van der Waals surface area (Å²) in [4.78, 5) is 6.93. The Morgan fingerprint density at radius 2 is 2.26 bits per heavy atom. The zero-order chi connectivity index (χ0) is 13.8. The first-order chi connectivity index (χ1) is 9.08. The fourth-order valence-electron chi connectivity index (χ4n) is 1.93. The molecule has 2 N–H and O–H groups in total. The van der Waals surface area contributed by atoms with Crippen LogP contribution in [0.4, 0.5) is 5.69 Å². The normalized spacial score (nSPS) is 10.4. The average Bonchev–Trinajstić information content (AvgIpc) is 2.81. The first kappa shape index (κ1) is 13.5. The molecule has 0 aliphatic carbocycles. The number of hydrogen-bond donors (Lipinski definition) is 1. The molecular formula is C14H18N4S. The zero-order valence-electron chi connectivity index (χ0n) is 11.2. The van der Waals surface area contributed by atoms with Crippen molar-refractivity contribution in [1.82, 2.24) is 9.55 Å². The second-order valence-electron chi connectivity index (χ2n) is 4.54. The van der Waals surface area contributed by atoms with Gasteiger partial charge in [0.2, 0.25) is 0 Å². The van der Waals surface area contributed by atoms with Gasteiger partial charge >= 0.3 is 0 Å². The molecule has 2 rings (SSSR count). The molecular weight excluding hydrogens is 256 g/mol. The molecule has 0 radical (unpaired) electrons. The van der Waals surface area contributed by atoms with Crippen LogP contribution < -0.4 is 10.6 Å². The highest BCUT2D eigenvalue weighted by atomic mass is 32.1. The van der Waals surface area contributed by atoms with E-state index in [0.29, 0.717) is 4.99 Å². The third kappa shape index (κ3) is 3.32. The molecule has 1 heterocycles. The molecule has 0 aliphatic heterocycles. The van der Waals surface area contributed by atoms with E-state index < -0.39 is 0 Å². The first-order valence-electron chi connectivity index (χ1n) is 6.15. The Labute approximate surface area is 118 Å². The molecule has 100 valence electrons. The highest BCUT2D eigenvalue weighted by Gasteiger charge is 2.05. The number of nitrogens with two attached hydrogens (primary N) is 1. The lowest BCUT2D eigenvalue weighted by molar-refractivity contribution is 0.757. The van der Waals surface area contributed by atoms with Gasteiger partial charge in [-0.25, -0.2) is 4.98 Å². The minimum atomic E-state index is 0.430. The van der Waals surface area contributed by atoms with Crippen molar-refractivity contribution in [2.24, 2.45) is 12.8 Å². The Balaban J connectivity index is 2.03. The molecule has 0 atom stereocenters. The number of aryl methyl sites for hydroxylation is 1. The molecule has 0 aliphatic rings. The third-order valence-electron chi connectivity index (χ3n) is 3.16. The van der Waals surface area contributed by atoms with Crippen molar-refractivity contribution in [1.29, 1.82) is 0 Å². The molecule has 1 aromatic carbocycles. The van der Waals surface area contributed by atoms with Crippen LogP contribution in [0.3, 0.4) is 0 Å². The molecule has 0 spiro atoms. The van der Waals surface area contributed by atoms with Gasteiger partial charge in [0, 0.05) is 50.7 Å². The molecule has 2 aromatic rings. The third-order valence-corrected chi connectivity index (χ3v) is 3.40. The molecule has 0 saturated carbocycles. The van der Waals surface area contributed by atoms with E-state index in [0.717, 1.165) is 30.0 Å². The second kappa shape index (κ2) is 5.84. The summed E-state index contributed by atoms with van der Waals surface area (Å²) in [6, 6.07) is 7.97. The van der Waals surface area contributed by atoms with Crippen molar-refractivity contribution in [3.05, 3.63) is 48.0 Å². The Morgan fingerprint density at radius 3 is 2.89 bits per heavy atom. The van der Waals surface area contributed by atoms with Gasteiger partial charge in [-0.3, -0.25) is 0 Å². The van der Waals surface area contributed by atoms with Crippen LogP contribution in [-0.4, -0.2) is 28.1 Å². The van der Waals surface area contributed by atoms with Crippen molar-refractivity contribution in [2.75, 3.05) is 18.5 Å². The van der Waals surface area contributed by atoms with Gasteiger partial charge in [-0.1, -0.05) is 24.4 Å². The standard InChI is InChI=1S/C14H18N4S/c1-17(8-6-13-16-7-9-18(13)2)12-5-3-4-11(10-12)14(15)19/h3-5,7,9-10H,6,8H2,1-2H3,(H2,15,19). The predicted molar refractivity (Wildman–Crippen MR) is 82.5 cm³/mol. The van der Waals surface area contributed by atoms with Crippen molar-refractivity contribution < 1.29 is 0 Å². The molecule has 5 heteroatoms. The highest BCUT2D eigenvalue weighted by molar-refractivity contribution is 7.80. The minimum absolute atomic E-state index is 0.430. The van der Waals surface area contributed by atoms with Crippen molar-refractivity contribution in [2.45, 2.75) is 6.42 Å². The van der Waals surface area contributed by atoms with Crippen molar-refractivity contribution in [3.8, 4) is 0 Å². The van der Waals surface area contributed by atoms with Crippen molar-refractivity contribution >= 4 is 22.9 Å². The summed E-state index contributed by atoms with van der Waals surface area (Å²) in [7, 11) is 4.07. The van der Waals surface area contributed by atoms with E-state index >= 15 is 0 Å². The van der Waals surface area contributed by atoms with Gasteiger partial charge in [-0.15, -0.1) is 0 Å². The van der Waals surface area contributed by atoms with Crippen LogP contribution in [0.25, 0.3) is 0 Å². The van der Waals surface area contributed by atoms with Crippen molar-refractivity contribution in [3.63, 3.8) is 0 Å². The summed E-state index contributed by atoms with van der Waals surface area (Å²) in [6.45, 7) is 0.894. The molecule has 0 bridgehead atoms. The maximum Gasteiger partial charge on any atom is 0.110 e. The Morgan fingerprint density at radius 1 is 1.47 bits per heavy atom. The van der Waals surface area contributed by atoms with E-state index in [2.05, 4.69) is 23.0 Å². The summed E-state index contributed by atoms with van der Waals surface area (Å²) < 4.78 is 2.04. The summed E-state index contributed by atoms with van der Waals surface area (Å²) in [5.74, 6) is 1.08. The summed E-state index contributed by atoms with van der Waals surface area (Å²) in [6.07, 6.45) is 4.68. The predicted octanol–water partition coefficient (Wildman–Crippen LogP) is 1.73. The number of benzene rings is 1. The number of aromatic nitrogens is 2. The van der Waals surface area contributed by atoms with Crippen LogP contribution in [0.15, 0.2) is 36.7 Å². The monoisotopic (exact) mass is 274 g/mol. The van der Waals surface area contributed by atoms with E-state index in [4.69, 9.17) is 18.0 Å². The van der Waals surface area contributed by atoms with E-state index in [1.807, 2.05) is 42.2 Å². The van der Waals surface area contributed by atoms with Gasteiger partial charge in [-0.05, 0) is 12.1 Å². The Hall–Kier alpha value is -1.88. The van der Waals surface area contributed by atoms with Gasteiger partial charge in [0.15, 0.2) is 0 Å². The van der Waals surface area contributed by atoms with Gasteiger partial charge < -0.3 is 15.2 Å². The molecule has 0 saturated heterocycles. The van der Waals surface area contributed by atoms with Crippen LogP contribution in [0, 0.1) is 0 Å². The largest absolute Gasteiger partial charge is 0.389 e. The topological polar surface area (TPSA) is 47.1 Å². The molecule has 0 unspecified atom stereocenters. The number of likely N-dealkylation sites (N-methyl/N-ethyl adjacent to an activating group) is 1. The van der Waals surface area contributed by atoms with Crippen LogP contribution >= 0.6 is 12.2 Å². The van der Waals surface area contributed by atoms with E-state index in [1.54, 1.807) is 0 Å². The van der Waals surface area contributed by atoms with Crippen LogP contribution in [-0.2, 0) is 13.5 Å². The van der Waals surface area contributed by atoms with E-state index in [9.17, 15) is 0 Å². The fourth-order valence-corrected chi connectivity index (χ4v) is 2.06. The fraction of sp³-hybridized carbons (Fsp3) is 0.286. The Bertz CT molecular complexity index is 576. The number of rotatable bonds is 5. The van der Waals surface area contributed by atoms with Gasteiger partial charge in [0.1, 0.15) is 10.8 Å². The summed E-state index contributed by atoms with van der Waals surface area (Å²) in [5, 5.41) is 0. The van der Waals surface area contributed by atoms with Gasteiger partial charge in [-0.2, -0.15) is 0 Å². The van der Waals surface area contributed by atoms with Crippen LogP contribution in [0.1, 0.15) is 11.4 Å². The van der Waals surface area contributed by atoms with E-state index in [-0.39, 0.29) is 0 Å². The quantitative estimate of drug-likeness (QED) is 0.844. The average molecular weight is 274 g/mol. The number of nitrogens with zero attached hydrogens (tertiary/aromatic N) is 3. The molecule has 19 heavy (non-hydrogen) atoms. The zero-order valence-corrected chi connectivity index (χ0v) is 12.0. The smallest absolute Gasteiger partial charge is 0.110 e. The maximum absolute atomic E-state index is 5.65. The van der Waals surface area contributed by atoms with Crippen LogP contribution in [0.5, 0.6) is 0 Å². The Kier molecular flexibility index (Phi) is 4.16. The molecule has 4 nitrogen and oxygen atoms in total. The van der Waals surface area contributed by atoms with Gasteiger partial charge in [0.05, 0.1) is 0 Å². The second-order valence-corrected chi connectivity index (χ2v) is 4.98. The van der Waals surface area contributed by atoms with E-state index in [1.165, 1.54) is 0 Å². The van der Waals surface area contributed by atoms with Gasteiger partial charge in [0.25, 0.3) is 0 Å². The number of anilines is 1. The lowest BCUT2D eigenvalue weighted by Gasteiger charge is -2.19. The highest BCUT2D eigenvalue weighted by Crippen LogP contribution is 2.15. The van der Waals surface area contributed by atoms with Crippen LogP contribution in [0.2, 0.25) is 0 Å².